The van der Waals surface area contributed by atoms with E-state index in [1.165, 1.54) is 12.1 Å². The molecule has 3 N–H and O–H groups in total. The van der Waals surface area contributed by atoms with Crippen molar-refractivity contribution in [1.82, 2.24) is 10.0 Å². The van der Waals surface area contributed by atoms with E-state index >= 15 is 0 Å². The number of carbonyl (C=O) groups excluding carboxylic acids is 1. The first kappa shape index (κ1) is 23.1. The summed E-state index contributed by atoms with van der Waals surface area (Å²) in [6, 6.07) is 22.7. The van der Waals surface area contributed by atoms with Crippen molar-refractivity contribution in [1.29, 1.82) is 0 Å². The van der Waals surface area contributed by atoms with E-state index in [4.69, 9.17) is 12.2 Å². The van der Waals surface area contributed by atoms with Crippen LogP contribution < -0.4 is 15.4 Å². The Labute approximate surface area is 195 Å². The van der Waals surface area contributed by atoms with Gasteiger partial charge in [-0.05, 0) is 72.7 Å². The van der Waals surface area contributed by atoms with E-state index in [1.807, 2.05) is 30.3 Å². The summed E-state index contributed by atoms with van der Waals surface area (Å²) in [6.07, 6.45) is 0.603. The van der Waals surface area contributed by atoms with Gasteiger partial charge in [-0.1, -0.05) is 46.3 Å². The van der Waals surface area contributed by atoms with Crippen LogP contribution in [0, 0.1) is 0 Å². The Morgan fingerprint density at radius 2 is 1.55 bits per heavy atom. The monoisotopic (exact) mass is 517 g/mol. The van der Waals surface area contributed by atoms with Crippen molar-refractivity contribution in [3.05, 3.63) is 94.5 Å². The highest BCUT2D eigenvalue weighted by atomic mass is 79.9. The molecule has 0 aliphatic carbocycles. The van der Waals surface area contributed by atoms with Crippen LogP contribution in [0.2, 0.25) is 0 Å². The van der Waals surface area contributed by atoms with E-state index in [0.29, 0.717) is 24.2 Å². The summed E-state index contributed by atoms with van der Waals surface area (Å²) in [4.78, 5) is 12.4. The number of carbonyl (C=O) groups is 1. The number of halogens is 1. The van der Waals surface area contributed by atoms with Gasteiger partial charge in [0, 0.05) is 22.3 Å². The molecule has 0 atom stereocenters. The number of hydrogen-bond donors (Lipinski definition) is 3. The second kappa shape index (κ2) is 10.6. The van der Waals surface area contributed by atoms with E-state index in [-0.39, 0.29) is 15.9 Å². The van der Waals surface area contributed by atoms with Crippen LogP contribution in [0.15, 0.2) is 88.2 Å². The number of sulfonamides is 1. The SMILES string of the molecule is O=C(NC(=S)Nc1ccc(S(=O)(=O)NCCc2ccccc2)cc1)c1ccc(Br)cc1. The van der Waals surface area contributed by atoms with Crippen molar-refractivity contribution in [3.8, 4) is 0 Å². The number of amides is 1. The fraction of sp³-hybridized carbons (Fsp3) is 0.0909. The lowest BCUT2D eigenvalue weighted by atomic mass is 10.2. The molecule has 0 bridgehead atoms. The van der Waals surface area contributed by atoms with Gasteiger partial charge in [0.05, 0.1) is 4.90 Å². The highest BCUT2D eigenvalue weighted by molar-refractivity contribution is 9.10. The molecule has 3 aromatic carbocycles. The van der Waals surface area contributed by atoms with Crippen molar-refractivity contribution < 1.29 is 13.2 Å². The van der Waals surface area contributed by atoms with Crippen LogP contribution >= 0.6 is 28.1 Å². The first-order valence-electron chi connectivity index (χ1n) is 9.35. The lowest BCUT2D eigenvalue weighted by Gasteiger charge is -2.11. The summed E-state index contributed by atoms with van der Waals surface area (Å²) in [5.41, 5.74) is 2.09. The zero-order chi connectivity index (χ0) is 22.3. The molecule has 0 fully saturated rings. The number of benzene rings is 3. The van der Waals surface area contributed by atoms with Crippen LogP contribution in [-0.2, 0) is 16.4 Å². The van der Waals surface area contributed by atoms with E-state index in [1.54, 1.807) is 36.4 Å². The second-order valence-corrected chi connectivity index (χ2v) is 9.66. The summed E-state index contributed by atoms with van der Waals surface area (Å²) in [6.45, 7) is 0.304. The lowest BCUT2D eigenvalue weighted by Crippen LogP contribution is -2.34. The average molecular weight is 518 g/mol. The Hall–Kier alpha value is -2.59. The van der Waals surface area contributed by atoms with Gasteiger partial charge in [0.2, 0.25) is 10.0 Å². The van der Waals surface area contributed by atoms with Crippen LogP contribution in [-0.4, -0.2) is 26.0 Å². The fourth-order valence-electron chi connectivity index (χ4n) is 2.71. The van der Waals surface area contributed by atoms with Crippen LogP contribution in [0.4, 0.5) is 5.69 Å². The Morgan fingerprint density at radius 1 is 0.903 bits per heavy atom. The summed E-state index contributed by atoms with van der Waals surface area (Å²) in [5.74, 6) is -0.341. The first-order valence-corrected chi connectivity index (χ1v) is 12.0. The first-order chi connectivity index (χ1) is 14.8. The van der Waals surface area contributed by atoms with Crippen LogP contribution in [0.5, 0.6) is 0 Å². The second-order valence-electron chi connectivity index (χ2n) is 6.57. The molecule has 0 aliphatic rings. The van der Waals surface area contributed by atoms with Gasteiger partial charge in [-0.3, -0.25) is 10.1 Å². The summed E-state index contributed by atoms with van der Waals surface area (Å²) >= 11 is 8.48. The number of hydrogen-bond acceptors (Lipinski definition) is 4. The zero-order valence-corrected chi connectivity index (χ0v) is 19.6. The minimum atomic E-state index is -3.62. The third-order valence-corrected chi connectivity index (χ3v) is 6.51. The Balaban J connectivity index is 1.53. The van der Waals surface area contributed by atoms with E-state index in [2.05, 4.69) is 31.3 Å². The molecule has 31 heavy (non-hydrogen) atoms. The van der Waals surface area contributed by atoms with Gasteiger partial charge in [-0.2, -0.15) is 0 Å². The van der Waals surface area contributed by atoms with E-state index in [9.17, 15) is 13.2 Å². The molecule has 0 saturated heterocycles. The van der Waals surface area contributed by atoms with Gasteiger partial charge in [-0.15, -0.1) is 0 Å². The molecule has 6 nitrogen and oxygen atoms in total. The molecule has 0 unspecified atom stereocenters. The van der Waals surface area contributed by atoms with Gasteiger partial charge >= 0.3 is 0 Å². The maximum absolute atomic E-state index is 12.5. The molecule has 3 rings (SSSR count). The number of thiocarbonyl (C=S) groups is 1. The third-order valence-electron chi connectivity index (χ3n) is 4.30. The normalized spacial score (nSPS) is 11.0. The van der Waals surface area contributed by atoms with E-state index < -0.39 is 10.0 Å². The third kappa shape index (κ3) is 6.96. The molecule has 0 saturated carbocycles. The Bertz CT molecular complexity index is 1150. The Kier molecular flexibility index (Phi) is 7.91. The Morgan fingerprint density at radius 3 is 2.19 bits per heavy atom. The molecule has 0 spiro atoms. The topological polar surface area (TPSA) is 87.3 Å². The predicted octanol–water partition coefficient (Wildman–Crippen LogP) is 4.10. The molecule has 9 heteroatoms. The van der Waals surface area contributed by atoms with Crippen molar-refractivity contribution >= 4 is 54.9 Å². The molecule has 1 amide bonds. The van der Waals surface area contributed by atoms with Gasteiger partial charge in [0.15, 0.2) is 5.11 Å². The van der Waals surface area contributed by atoms with Crippen molar-refractivity contribution in [2.75, 3.05) is 11.9 Å². The van der Waals surface area contributed by atoms with Gasteiger partial charge in [0.25, 0.3) is 5.91 Å². The molecular formula is C22H20BrN3O3S2. The highest BCUT2D eigenvalue weighted by Gasteiger charge is 2.14. The minimum Gasteiger partial charge on any atom is -0.332 e. The lowest BCUT2D eigenvalue weighted by molar-refractivity contribution is 0.0977. The quantitative estimate of drug-likeness (QED) is 0.410. The van der Waals surface area contributed by atoms with E-state index in [0.717, 1.165) is 10.0 Å². The molecule has 0 heterocycles. The van der Waals surface area contributed by atoms with Crippen molar-refractivity contribution in [2.45, 2.75) is 11.3 Å². The average Bonchev–Trinajstić information content (AvgIpc) is 2.75. The maximum atomic E-state index is 12.5. The number of nitrogens with one attached hydrogen (secondary N) is 3. The summed E-state index contributed by atoms with van der Waals surface area (Å²) in [7, 11) is -3.62. The molecular weight excluding hydrogens is 498 g/mol. The minimum absolute atomic E-state index is 0.115. The molecule has 3 aromatic rings. The molecule has 0 aromatic heterocycles. The van der Waals surface area contributed by atoms with Crippen molar-refractivity contribution in [3.63, 3.8) is 0 Å². The maximum Gasteiger partial charge on any atom is 0.257 e. The highest BCUT2D eigenvalue weighted by Crippen LogP contribution is 2.14. The number of rotatable bonds is 7. The van der Waals surface area contributed by atoms with Crippen LogP contribution in [0.25, 0.3) is 0 Å². The van der Waals surface area contributed by atoms with Gasteiger partial charge in [-0.25, -0.2) is 13.1 Å². The zero-order valence-electron chi connectivity index (χ0n) is 16.3. The fourth-order valence-corrected chi connectivity index (χ4v) is 4.22. The number of anilines is 1. The van der Waals surface area contributed by atoms with Crippen LogP contribution in [0.3, 0.4) is 0 Å². The van der Waals surface area contributed by atoms with Gasteiger partial charge in [0.1, 0.15) is 0 Å². The molecule has 0 aliphatic heterocycles. The van der Waals surface area contributed by atoms with Crippen molar-refractivity contribution in [2.24, 2.45) is 0 Å². The summed E-state index contributed by atoms with van der Waals surface area (Å²) < 4.78 is 28.4. The predicted molar refractivity (Wildman–Crippen MR) is 130 cm³/mol. The van der Waals surface area contributed by atoms with Gasteiger partial charge < -0.3 is 5.32 Å². The molecule has 160 valence electrons. The molecule has 0 radical (unpaired) electrons. The standard InChI is InChI=1S/C22H20BrN3O3S2/c23-18-8-6-17(7-9-18)21(27)26-22(30)25-19-10-12-20(13-11-19)31(28,29)24-15-14-16-4-2-1-3-5-16/h1-13,24H,14-15H2,(H2,25,26,27,30). The summed E-state index contributed by atoms with van der Waals surface area (Å²) in [5, 5.41) is 5.58. The van der Waals surface area contributed by atoms with Crippen LogP contribution in [0.1, 0.15) is 15.9 Å². The smallest absolute Gasteiger partial charge is 0.257 e. The largest absolute Gasteiger partial charge is 0.332 e.